The number of sulfonamides is 1. The summed E-state index contributed by atoms with van der Waals surface area (Å²) in [6, 6.07) is 3.87. The third-order valence-electron chi connectivity index (χ3n) is 3.71. The van der Waals surface area contributed by atoms with Gasteiger partial charge in [-0.3, -0.25) is 0 Å². The van der Waals surface area contributed by atoms with Gasteiger partial charge >= 0.3 is 7.05 Å². The standard InChI is InChI=1S/C12H18BCl2N3O3S/c1-13(19)18-7-9(5-10(18)6-16)17-22(20,21)12-4-8(14)2-3-11(12)15/h2-4,9-10,17,19H,5-7,16H2,1H3/t9-,10-/m1/s1. The van der Waals surface area contributed by atoms with Crippen molar-refractivity contribution in [3.8, 4) is 0 Å². The average Bonchev–Trinajstić information content (AvgIpc) is 2.83. The van der Waals surface area contributed by atoms with Crippen LogP contribution in [0.1, 0.15) is 6.42 Å². The second kappa shape index (κ2) is 7.04. The van der Waals surface area contributed by atoms with Gasteiger partial charge in [0.1, 0.15) is 4.90 Å². The van der Waals surface area contributed by atoms with Crippen molar-refractivity contribution in [2.45, 2.75) is 30.2 Å². The molecule has 0 saturated carbocycles. The van der Waals surface area contributed by atoms with E-state index in [4.69, 9.17) is 28.9 Å². The molecule has 4 N–H and O–H groups in total. The lowest BCUT2D eigenvalue weighted by Crippen LogP contribution is -2.45. The number of benzene rings is 1. The maximum atomic E-state index is 12.5. The third-order valence-corrected chi connectivity index (χ3v) is 5.95. The predicted octanol–water partition coefficient (Wildman–Crippen LogP) is 0.784. The molecule has 0 amide bonds. The molecule has 0 radical (unpaired) electrons. The Morgan fingerprint density at radius 2 is 2.18 bits per heavy atom. The Kier molecular flexibility index (Phi) is 5.76. The van der Waals surface area contributed by atoms with Gasteiger partial charge in [0.25, 0.3) is 0 Å². The molecule has 0 bridgehead atoms. The summed E-state index contributed by atoms with van der Waals surface area (Å²) in [6.45, 7) is 2.37. The Balaban J connectivity index is 2.18. The topological polar surface area (TPSA) is 95.7 Å². The zero-order valence-electron chi connectivity index (χ0n) is 12.0. The van der Waals surface area contributed by atoms with Gasteiger partial charge in [-0.15, -0.1) is 0 Å². The van der Waals surface area contributed by atoms with Crippen molar-refractivity contribution >= 4 is 40.3 Å². The van der Waals surface area contributed by atoms with E-state index >= 15 is 0 Å². The van der Waals surface area contributed by atoms with Crippen LogP contribution < -0.4 is 10.5 Å². The largest absolute Gasteiger partial charge is 0.437 e. The van der Waals surface area contributed by atoms with Gasteiger partial charge in [-0.05, 0) is 31.4 Å². The number of hydrogen-bond donors (Lipinski definition) is 3. The second-order valence-electron chi connectivity index (χ2n) is 5.35. The van der Waals surface area contributed by atoms with E-state index in [0.29, 0.717) is 24.5 Å². The summed E-state index contributed by atoms with van der Waals surface area (Å²) in [5, 5.41) is 10.1. The van der Waals surface area contributed by atoms with E-state index < -0.39 is 17.1 Å². The monoisotopic (exact) mass is 365 g/mol. The van der Waals surface area contributed by atoms with Crippen LogP contribution in [0.3, 0.4) is 0 Å². The summed E-state index contributed by atoms with van der Waals surface area (Å²) >= 11 is 11.8. The second-order valence-corrected chi connectivity index (χ2v) is 7.87. The van der Waals surface area contributed by atoms with Crippen molar-refractivity contribution in [1.82, 2.24) is 9.53 Å². The number of rotatable bonds is 5. The minimum atomic E-state index is -3.79. The number of hydrogen-bond acceptors (Lipinski definition) is 5. The van der Waals surface area contributed by atoms with Crippen LogP contribution in [0.5, 0.6) is 0 Å². The summed E-state index contributed by atoms with van der Waals surface area (Å²) in [6.07, 6.45) is 0.527. The van der Waals surface area contributed by atoms with E-state index in [1.165, 1.54) is 18.2 Å². The maximum Gasteiger partial charge on any atom is 0.376 e. The molecule has 1 aliphatic heterocycles. The highest BCUT2D eigenvalue weighted by Gasteiger charge is 2.37. The molecule has 10 heteroatoms. The highest BCUT2D eigenvalue weighted by atomic mass is 35.5. The van der Waals surface area contributed by atoms with Crippen molar-refractivity contribution in [2.24, 2.45) is 5.73 Å². The van der Waals surface area contributed by atoms with E-state index in [2.05, 4.69) is 4.72 Å². The molecule has 0 aromatic heterocycles. The molecular formula is C12H18BCl2N3O3S. The molecule has 0 unspecified atom stereocenters. The Bertz CT molecular complexity index is 645. The third kappa shape index (κ3) is 3.94. The van der Waals surface area contributed by atoms with Crippen LogP contribution in [-0.4, -0.2) is 50.5 Å². The number of nitrogens with zero attached hydrogens (tertiary/aromatic N) is 1. The molecule has 2 rings (SSSR count). The van der Waals surface area contributed by atoms with E-state index in [0.717, 1.165) is 0 Å². The number of halogens is 2. The fourth-order valence-corrected chi connectivity index (χ4v) is 4.69. The Morgan fingerprint density at radius 1 is 1.50 bits per heavy atom. The zero-order chi connectivity index (χ0) is 16.5. The average molecular weight is 366 g/mol. The molecule has 1 heterocycles. The van der Waals surface area contributed by atoms with Gasteiger partial charge < -0.3 is 15.6 Å². The first-order valence-corrected chi connectivity index (χ1v) is 9.09. The molecule has 6 nitrogen and oxygen atoms in total. The molecule has 22 heavy (non-hydrogen) atoms. The first kappa shape index (κ1) is 18.0. The van der Waals surface area contributed by atoms with Crippen LogP contribution in [-0.2, 0) is 10.0 Å². The lowest BCUT2D eigenvalue weighted by atomic mass is 9.84. The molecule has 1 saturated heterocycles. The van der Waals surface area contributed by atoms with Gasteiger partial charge in [0.2, 0.25) is 10.0 Å². The summed E-state index contributed by atoms with van der Waals surface area (Å²) < 4.78 is 27.5. The SMILES string of the molecule is CB(O)N1C[C@H](NS(=O)(=O)c2cc(Cl)ccc2Cl)C[C@@H]1CN. The molecule has 1 aromatic carbocycles. The van der Waals surface area contributed by atoms with Crippen LogP contribution >= 0.6 is 23.2 Å². The maximum absolute atomic E-state index is 12.5. The van der Waals surface area contributed by atoms with E-state index in [1.807, 2.05) is 0 Å². The minimum absolute atomic E-state index is 0.0542. The molecule has 122 valence electrons. The molecule has 1 aliphatic rings. The van der Waals surface area contributed by atoms with E-state index in [9.17, 15) is 13.4 Å². The van der Waals surface area contributed by atoms with Crippen molar-refractivity contribution in [1.29, 1.82) is 0 Å². The number of nitrogens with two attached hydrogens (primary N) is 1. The van der Waals surface area contributed by atoms with Crippen LogP contribution in [0.2, 0.25) is 16.9 Å². The van der Waals surface area contributed by atoms with Gasteiger partial charge in [0.05, 0.1) is 5.02 Å². The van der Waals surface area contributed by atoms with Crippen LogP contribution in [0.4, 0.5) is 0 Å². The van der Waals surface area contributed by atoms with Crippen molar-refractivity contribution in [3.05, 3.63) is 28.2 Å². The van der Waals surface area contributed by atoms with Crippen molar-refractivity contribution in [3.63, 3.8) is 0 Å². The Labute approximate surface area is 140 Å². The van der Waals surface area contributed by atoms with Gasteiger partial charge in [-0.1, -0.05) is 23.2 Å². The van der Waals surface area contributed by atoms with E-state index in [1.54, 1.807) is 11.6 Å². The number of nitrogens with one attached hydrogen (secondary N) is 1. The molecule has 2 atom stereocenters. The lowest BCUT2D eigenvalue weighted by Gasteiger charge is -2.23. The summed E-state index contributed by atoms with van der Waals surface area (Å²) in [5.74, 6) is 0. The van der Waals surface area contributed by atoms with Crippen molar-refractivity contribution < 1.29 is 13.4 Å². The van der Waals surface area contributed by atoms with Gasteiger partial charge in [0.15, 0.2) is 0 Å². The Hall–Kier alpha value is -0.345. The van der Waals surface area contributed by atoms with E-state index in [-0.39, 0.29) is 22.0 Å². The smallest absolute Gasteiger partial charge is 0.376 e. The highest BCUT2D eigenvalue weighted by Crippen LogP contribution is 2.26. The normalized spacial score (nSPS) is 23.0. The predicted molar refractivity (Wildman–Crippen MR) is 88.6 cm³/mol. The first-order chi connectivity index (χ1) is 10.2. The van der Waals surface area contributed by atoms with Crippen LogP contribution in [0, 0.1) is 0 Å². The highest BCUT2D eigenvalue weighted by molar-refractivity contribution is 7.89. The minimum Gasteiger partial charge on any atom is -0.437 e. The fraction of sp³-hybridized carbons (Fsp3) is 0.500. The van der Waals surface area contributed by atoms with Crippen LogP contribution in [0.25, 0.3) is 0 Å². The quantitative estimate of drug-likeness (QED) is 0.670. The van der Waals surface area contributed by atoms with Crippen LogP contribution in [0.15, 0.2) is 23.1 Å². The molecular weight excluding hydrogens is 348 g/mol. The summed E-state index contributed by atoms with van der Waals surface area (Å²) in [7, 11) is -4.48. The zero-order valence-corrected chi connectivity index (χ0v) is 14.4. The molecule has 0 aliphatic carbocycles. The Morgan fingerprint density at radius 3 is 2.73 bits per heavy atom. The molecule has 1 aromatic rings. The first-order valence-electron chi connectivity index (χ1n) is 6.86. The summed E-state index contributed by atoms with van der Waals surface area (Å²) in [5.41, 5.74) is 5.67. The fourth-order valence-electron chi connectivity index (χ4n) is 2.68. The van der Waals surface area contributed by atoms with Gasteiger partial charge in [-0.2, -0.15) is 0 Å². The van der Waals surface area contributed by atoms with Gasteiger partial charge in [-0.25, -0.2) is 13.1 Å². The van der Waals surface area contributed by atoms with Gasteiger partial charge in [0, 0.05) is 30.2 Å². The lowest BCUT2D eigenvalue weighted by molar-refractivity contribution is 0.348. The van der Waals surface area contributed by atoms with Crippen molar-refractivity contribution in [2.75, 3.05) is 13.1 Å². The summed E-state index contributed by atoms with van der Waals surface area (Å²) in [4.78, 5) is 1.72. The molecule has 1 fully saturated rings. The molecule has 0 spiro atoms.